The number of rotatable bonds is 6. The van der Waals surface area contributed by atoms with Gasteiger partial charge in [-0.2, -0.15) is 4.31 Å². The van der Waals surface area contributed by atoms with Crippen LogP contribution in [0.1, 0.15) is 38.3 Å². The number of piperazine rings is 1. The fourth-order valence-electron chi connectivity index (χ4n) is 4.90. The van der Waals surface area contributed by atoms with E-state index >= 15 is 0 Å². The number of amides is 2. The van der Waals surface area contributed by atoms with Crippen LogP contribution in [0.4, 0.5) is 0 Å². The van der Waals surface area contributed by atoms with E-state index in [-0.39, 0.29) is 48.7 Å². The molecule has 0 aromatic heterocycles. The van der Waals surface area contributed by atoms with Gasteiger partial charge in [0, 0.05) is 34.9 Å². The van der Waals surface area contributed by atoms with E-state index in [1.807, 2.05) is 39.0 Å². The van der Waals surface area contributed by atoms with E-state index < -0.39 is 22.2 Å². The number of hydrogen-bond donors (Lipinski definition) is 0. The highest BCUT2D eigenvalue weighted by atomic mass is 79.9. The summed E-state index contributed by atoms with van der Waals surface area (Å²) in [7, 11) is -3.92. The number of carbonyl (C=O) groups excluding carboxylic acids is 2. The third-order valence-corrected chi connectivity index (χ3v) is 9.45. The average Bonchev–Trinajstić information content (AvgIpc) is 2.81. The van der Waals surface area contributed by atoms with E-state index in [0.717, 1.165) is 10.0 Å². The van der Waals surface area contributed by atoms with Gasteiger partial charge in [0.05, 0.1) is 11.4 Å². The van der Waals surface area contributed by atoms with Gasteiger partial charge in [-0.15, -0.1) is 0 Å². The van der Waals surface area contributed by atoms with Crippen molar-refractivity contribution in [3.8, 4) is 0 Å². The number of benzene rings is 2. The predicted octanol–water partition coefficient (Wildman–Crippen LogP) is 4.08. The predicted molar refractivity (Wildman–Crippen MR) is 138 cm³/mol. The van der Waals surface area contributed by atoms with Crippen LogP contribution >= 0.6 is 27.5 Å². The molecule has 0 saturated carbocycles. The number of fused-ring (bicyclic) bond motifs is 1. The van der Waals surface area contributed by atoms with Crippen molar-refractivity contribution in [2.24, 2.45) is 0 Å². The largest absolute Gasteiger partial charge is 0.335 e. The van der Waals surface area contributed by atoms with Crippen LogP contribution in [0.5, 0.6) is 0 Å². The smallest absolute Gasteiger partial charge is 0.246 e. The molecule has 2 unspecified atom stereocenters. The minimum absolute atomic E-state index is 0.0276. The van der Waals surface area contributed by atoms with Gasteiger partial charge in [-0.05, 0) is 61.7 Å². The lowest BCUT2D eigenvalue weighted by atomic mass is 9.97. The molecule has 7 nitrogen and oxygen atoms in total. The van der Waals surface area contributed by atoms with E-state index in [2.05, 4.69) is 15.9 Å². The third kappa shape index (κ3) is 5.01. The number of nitrogens with zero attached hydrogens (tertiary/aromatic N) is 3. The first-order chi connectivity index (χ1) is 16.5. The summed E-state index contributed by atoms with van der Waals surface area (Å²) in [4.78, 5) is 30.1. The maximum Gasteiger partial charge on any atom is 0.246 e. The van der Waals surface area contributed by atoms with Crippen LogP contribution in [0.15, 0.2) is 51.8 Å². The van der Waals surface area contributed by atoms with Crippen molar-refractivity contribution in [3.63, 3.8) is 0 Å². The standard InChI is InChI=1S/C25H29BrClN3O4S/c1-4-18-14-19(26)7-10-22(18)35(33,34)29-12-11-24(31)30-21(13-17-5-8-20(27)9-6-17)25(32)28(16(2)3)15-23(29)30/h5-10,14,16,21,23H,4,11-13,15H2,1-3H3. The van der Waals surface area contributed by atoms with Crippen molar-refractivity contribution in [2.45, 2.75) is 63.2 Å². The zero-order chi connectivity index (χ0) is 25.5. The molecule has 0 spiro atoms. The summed E-state index contributed by atoms with van der Waals surface area (Å²) in [6, 6.07) is 11.4. The average molecular weight is 583 g/mol. The van der Waals surface area contributed by atoms with Crippen molar-refractivity contribution in [3.05, 3.63) is 63.1 Å². The Morgan fingerprint density at radius 2 is 1.80 bits per heavy atom. The normalized spacial score (nSPS) is 21.5. The molecule has 0 N–H and O–H groups in total. The zero-order valence-corrected chi connectivity index (χ0v) is 23.1. The topological polar surface area (TPSA) is 78.0 Å². The Morgan fingerprint density at radius 3 is 2.43 bits per heavy atom. The maximum atomic E-state index is 14.0. The highest BCUT2D eigenvalue weighted by Gasteiger charge is 2.51. The molecule has 2 aliphatic heterocycles. The van der Waals surface area contributed by atoms with Gasteiger partial charge in [-0.3, -0.25) is 9.59 Å². The third-order valence-electron chi connectivity index (χ3n) is 6.71. The van der Waals surface area contributed by atoms with E-state index in [9.17, 15) is 18.0 Å². The lowest BCUT2D eigenvalue weighted by Crippen LogP contribution is -2.72. The molecular formula is C25H29BrClN3O4S. The zero-order valence-electron chi connectivity index (χ0n) is 19.9. The maximum absolute atomic E-state index is 14.0. The second-order valence-electron chi connectivity index (χ2n) is 9.18. The summed E-state index contributed by atoms with van der Waals surface area (Å²) in [6.45, 7) is 5.93. The fourth-order valence-corrected chi connectivity index (χ4v) is 7.29. The number of aryl methyl sites for hydroxylation is 1. The van der Waals surface area contributed by atoms with Gasteiger partial charge < -0.3 is 9.80 Å². The van der Waals surface area contributed by atoms with E-state index in [1.165, 1.54) is 9.21 Å². The van der Waals surface area contributed by atoms with Crippen LogP contribution in [0.25, 0.3) is 0 Å². The SMILES string of the molecule is CCc1cc(Br)ccc1S(=O)(=O)N1CCC(=O)N2C(Cc3ccc(Cl)cc3)C(=O)N(C(C)C)CC21. The Kier molecular flexibility index (Phi) is 7.62. The van der Waals surface area contributed by atoms with E-state index in [4.69, 9.17) is 11.6 Å². The molecule has 0 bridgehead atoms. The van der Waals surface area contributed by atoms with E-state index in [1.54, 1.807) is 29.2 Å². The molecule has 10 heteroatoms. The van der Waals surface area contributed by atoms with Gasteiger partial charge in [0.2, 0.25) is 21.8 Å². The van der Waals surface area contributed by atoms with Gasteiger partial charge in [0.15, 0.2) is 0 Å². The first-order valence-corrected chi connectivity index (χ1v) is 14.3. The van der Waals surface area contributed by atoms with E-state index in [0.29, 0.717) is 17.0 Å². The molecule has 2 amide bonds. The minimum atomic E-state index is -3.92. The molecule has 2 saturated heterocycles. The number of carbonyl (C=O) groups is 2. The molecule has 0 aliphatic carbocycles. The molecule has 2 aromatic carbocycles. The van der Waals surface area contributed by atoms with Crippen LogP contribution < -0.4 is 0 Å². The molecule has 35 heavy (non-hydrogen) atoms. The molecule has 2 fully saturated rings. The molecular weight excluding hydrogens is 554 g/mol. The van der Waals surface area contributed by atoms with Crippen LogP contribution in [-0.2, 0) is 32.5 Å². The quantitative estimate of drug-likeness (QED) is 0.514. The Bertz CT molecular complexity index is 1240. The first-order valence-electron chi connectivity index (χ1n) is 11.7. The highest BCUT2D eigenvalue weighted by Crippen LogP contribution is 2.34. The van der Waals surface area contributed by atoms with Crippen molar-refractivity contribution < 1.29 is 18.0 Å². The summed E-state index contributed by atoms with van der Waals surface area (Å²) in [5.41, 5.74) is 1.55. The summed E-state index contributed by atoms with van der Waals surface area (Å²) in [5.74, 6) is -0.375. The molecule has 2 aromatic rings. The van der Waals surface area contributed by atoms with Gasteiger partial charge in [0.1, 0.15) is 12.2 Å². The highest BCUT2D eigenvalue weighted by molar-refractivity contribution is 9.10. The van der Waals surface area contributed by atoms with Crippen LogP contribution in [0, 0.1) is 0 Å². The van der Waals surface area contributed by atoms with Gasteiger partial charge in [-0.25, -0.2) is 8.42 Å². The Balaban J connectivity index is 1.77. The van der Waals surface area contributed by atoms with Gasteiger partial charge in [0.25, 0.3) is 0 Å². The van der Waals surface area contributed by atoms with Crippen molar-refractivity contribution in [2.75, 3.05) is 13.1 Å². The fraction of sp³-hybridized carbons (Fsp3) is 0.440. The van der Waals surface area contributed by atoms with Crippen molar-refractivity contribution in [1.82, 2.24) is 14.1 Å². The lowest BCUT2D eigenvalue weighted by molar-refractivity contribution is -0.166. The Morgan fingerprint density at radius 1 is 1.11 bits per heavy atom. The monoisotopic (exact) mass is 581 g/mol. The minimum Gasteiger partial charge on any atom is -0.335 e. The second-order valence-corrected chi connectivity index (χ2v) is 12.4. The molecule has 0 radical (unpaired) electrons. The molecule has 2 atom stereocenters. The van der Waals surface area contributed by atoms with Crippen molar-refractivity contribution in [1.29, 1.82) is 0 Å². The summed E-state index contributed by atoms with van der Waals surface area (Å²) >= 11 is 9.45. The molecule has 188 valence electrons. The van der Waals surface area contributed by atoms with Crippen LogP contribution in [0.3, 0.4) is 0 Å². The number of hydrogen-bond acceptors (Lipinski definition) is 4. The molecule has 2 heterocycles. The first kappa shape index (κ1) is 26.1. The number of sulfonamides is 1. The lowest BCUT2D eigenvalue weighted by Gasteiger charge is -2.52. The summed E-state index contributed by atoms with van der Waals surface area (Å²) in [5, 5.41) is 0.581. The van der Waals surface area contributed by atoms with Crippen LogP contribution in [-0.4, -0.2) is 65.7 Å². The number of halogens is 2. The van der Waals surface area contributed by atoms with Crippen LogP contribution in [0.2, 0.25) is 5.02 Å². The van der Waals surface area contributed by atoms with Crippen molar-refractivity contribution >= 4 is 49.4 Å². The Labute approximate surface area is 220 Å². The molecule has 4 rings (SSSR count). The second kappa shape index (κ2) is 10.2. The van der Waals surface area contributed by atoms with Gasteiger partial charge >= 0.3 is 0 Å². The molecule has 2 aliphatic rings. The Hall–Kier alpha value is -1.94. The summed E-state index contributed by atoms with van der Waals surface area (Å²) in [6.07, 6.45) is 0.0884. The van der Waals surface area contributed by atoms with Gasteiger partial charge in [-0.1, -0.05) is 46.6 Å². The summed E-state index contributed by atoms with van der Waals surface area (Å²) < 4.78 is 30.1.